The van der Waals surface area contributed by atoms with Gasteiger partial charge in [-0.2, -0.15) is 0 Å². The van der Waals surface area contributed by atoms with E-state index in [9.17, 15) is 4.79 Å². The average Bonchev–Trinajstić information content (AvgIpc) is 2.58. The molecule has 1 aromatic carbocycles. The van der Waals surface area contributed by atoms with Crippen LogP contribution in [0.4, 0.5) is 0 Å². The fourth-order valence-electron chi connectivity index (χ4n) is 3.30. The van der Waals surface area contributed by atoms with Gasteiger partial charge < -0.3 is 10.6 Å². The van der Waals surface area contributed by atoms with Crippen molar-refractivity contribution in [3.63, 3.8) is 0 Å². The van der Waals surface area contributed by atoms with Crippen molar-refractivity contribution in [2.45, 2.75) is 32.1 Å². The molecular weight excluding hydrogens is 274 g/mol. The zero-order valence-electron chi connectivity index (χ0n) is 13.9. The van der Waals surface area contributed by atoms with Crippen molar-refractivity contribution in [3.05, 3.63) is 35.9 Å². The van der Waals surface area contributed by atoms with Crippen LogP contribution in [0.5, 0.6) is 0 Å². The van der Waals surface area contributed by atoms with Crippen LogP contribution in [0.25, 0.3) is 0 Å². The van der Waals surface area contributed by atoms with Gasteiger partial charge in [-0.05, 0) is 18.4 Å². The fourth-order valence-corrected chi connectivity index (χ4v) is 3.30. The number of rotatable bonds is 7. The quantitative estimate of drug-likeness (QED) is 0.807. The summed E-state index contributed by atoms with van der Waals surface area (Å²) in [6.07, 6.45) is 1.65. The number of carbonyl (C=O) groups excluding carboxylic acids is 1. The molecule has 1 aromatic rings. The summed E-state index contributed by atoms with van der Waals surface area (Å²) in [5, 5.41) is 6.52. The van der Waals surface area contributed by atoms with Crippen LogP contribution in [0.2, 0.25) is 0 Å². The Hall–Kier alpha value is -1.39. The summed E-state index contributed by atoms with van der Waals surface area (Å²) >= 11 is 0. The predicted molar refractivity (Wildman–Crippen MR) is 91.0 cm³/mol. The normalized spacial score (nSPS) is 16.5. The molecular formula is C18H29N3O. The molecule has 1 aliphatic rings. The lowest BCUT2D eigenvalue weighted by atomic mass is 9.75. The van der Waals surface area contributed by atoms with E-state index < -0.39 is 5.41 Å². The van der Waals surface area contributed by atoms with Crippen LogP contribution >= 0.6 is 0 Å². The topological polar surface area (TPSA) is 44.4 Å². The number of nitrogens with zero attached hydrogens (tertiary/aromatic N) is 1. The number of amides is 1. The molecule has 1 amide bonds. The molecule has 1 heterocycles. The van der Waals surface area contributed by atoms with E-state index >= 15 is 0 Å². The number of benzene rings is 1. The van der Waals surface area contributed by atoms with Crippen molar-refractivity contribution in [1.29, 1.82) is 0 Å². The molecule has 1 fully saturated rings. The Balaban J connectivity index is 1.95. The molecule has 2 N–H and O–H groups in total. The van der Waals surface area contributed by atoms with Crippen LogP contribution in [-0.2, 0) is 10.2 Å². The number of piperazine rings is 1. The maximum atomic E-state index is 12.8. The highest BCUT2D eigenvalue weighted by Crippen LogP contribution is 2.31. The Bertz CT molecular complexity index is 451. The second-order valence-corrected chi connectivity index (χ2v) is 6.00. The van der Waals surface area contributed by atoms with Gasteiger partial charge in [-0.3, -0.25) is 9.69 Å². The molecule has 4 nitrogen and oxygen atoms in total. The largest absolute Gasteiger partial charge is 0.354 e. The molecule has 0 spiro atoms. The Morgan fingerprint density at radius 3 is 2.41 bits per heavy atom. The number of hydrogen-bond acceptors (Lipinski definition) is 3. The van der Waals surface area contributed by atoms with Gasteiger partial charge >= 0.3 is 0 Å². The lowest BCUT2D eigenvalue weighted by Gasteiger charge is -2.32. The minimum Gasteiger partial charge on any atom is -0.354 e. The highest BCUT2D eigenvalue weighted by molar-refractivity contribution is 5.88. The molecule has 0 unspecified atom stereocenters. The SMILES string of the molecule is CCC(CC)(C(=O)NCCN1CCNCC1)c1ccccc1. The number of hydrogen-bond donors (Lipinski definition) is 2. The highest BCUT2D eigenvalue weighted by Gasteiger charge is 2.36. The number of nitrogens with one attached hydrogen (secondary N) is 2. The molecule has 0 atom stereocenters. The maximum absolute atomic E-state index is 12.8. The van der Waals surface area contributed by atoms with Gasteiger partial charge in [-0.15, -0.1) is 0 Å². The Morgan fingerprint density at radius 1 is 1.18 bits per heavy atom. The van der Waals surface area contributed by atoms with Crippen LogP contribution in [0.3, 0.4) is 0 Å². The van der Waals surface area contributed by atoms with E-state index in [0.29, 0.717) is 0 Å². The van der Waals surface area contributed by atoms with Gasteiger partial charge in [0.2, 0.25) is 5.91 Å². The van der Waals surface area contributed by atoms with E-state index in [1.54, 1.807) is 0 Å². The number of carbonyl (C=O) groups is 1. The molecule has 0 aromatic heterocycles. The van der Waals surface area contributed by atoms with Crippen LogP contribution in [0.15, 0.2) is 30.3 Å². The summed E-state index contributed by atoms with van der Waals surface area (Å²) in [5.41, 5.74) is 0.727. The molecule has 22 heavy (non-hydrogen) atoms. The molecule has 0 aliphatic carbocycles. The molecule has 1 aliphatic heterocycles. The first-order valence-electron chi connectivity index (χ1n) is 8.50. The van der Waals surface area contributed by atoms with Crippen molar-refractivity contribution in [2.24, 2.45) is 0 Å². The summed E-state index contributed by atoms with van der Waals surface area (Å²) < 4.78 is 0. The molecule has 0 radical (unpaired) electrons. The van der Waals surface area contributed by atoms with Gasteiger partial charge in [-0.1, -0.05) is 44.2 Å². The maximum Gasteiger partial charge on any atom is 0.230 e. The molecule has 0 saturated carbocycles. The third-order valence-electron chi connectivity index (χ3n) is 4.89. The van der Waals surface area contributed by atoms with Gasteiger partial charge in [0, 0.05) is 39.3 Å². The minimum absolute atomic E-state index is 0.166. The predicted octanol–water partition coefficient (Wildman–Crippen LogP) is 1.77. The lowest BCUT2D eigenvalue weighted by molar-refractivity contribution is -0.127. The Labute approximate surface area is 134 Å². The molecule has 0 bridgehead atoms. The van der Waals surface area contributed by atoms with Gasteiger partial charge in [0.25, 0.3) is 0 Å². The third kappa shape index (κ3) is 3.87. The second-order valence-electron chi connectivity index (χ2n) is 6.00. The van der Waals surface area contributed by atoms with Gasteiger partial charge in [0.15, 0.2) is 0 Å². The zero-order chi connectivity index (χ0) is 15.8. The van der Waals surface area contributed by atoms with E-state index in [-0.39, 0.29) is 5.91 Å². The molecule has 122 valence electrons. The van der Waals surface area contributed by atoms with Crippen LogP contribution in [0.1, 0.15) is 32.3 Å². The standard InChI is InChI=1S/C18H29N3O/c1-3-18(4-2,16-8-6-5-7-9-16)17(22)20-12-15-21-13-10-19-11-14-21/h5-9,19H,3-4,10-15H2,1-2H3,(H,20,22). The van der Waals surface area contributed by atoms with Gasteiger partial charge in [0.1, 0.15) is 0 Å². The smallest absolute Gasteiger partial charge is 0.230 e. The van der Waals surface area contributed by atoms with Crippen LogP contribution < -0.4 is 10.6 Å². The highest BCUT2D eigenvalue weighted by atomic mass is 16.2. The summed E-state index contributed by atoms with van der Waals surface area (Å²) in [6.45, 7) is 10.1. The Morgan fingerprint density at radius 2 is 1.82 bits per heavy atom. The summed E-state index contributed by atoms with van der Waals surface area (Å²) in [4.78, 5) is 15.2. The summed E-state index contributed by atoms with van der Waals surface area (Å²) in [7, 11) is 0. The van der Waals surface area contributed by atoms with Crippen molar-refractivity contribution < 1.29 is 4.79 Å². The van der Waals surface area contributed by atoms with E-state index in [2.05, 4.69) is 41.5 Å². The molecule has 1 saturated heterocycles. The van der Waals surface area contributed by atoms with E-state index in [1.807, 2.05) is 18.2 Å². The van der Waals surface area contributed by atoms with E-state index in [4.69, 9.17) is 0 Å². The zero-order valence-corrected chi connectivity index (χ0v) is 13.9. The van der Waals surface area contributed by atoms with Crippen molar-refractivity contribution >= 4 is 5.91 Å². The third-order valence-corrected chi connectivity index (χ3v) is 4.89. The molecule has 4 heteroatoms. The second kappa shape index (κ2) is 8.30. The van der Waals surface area contributed by atoms with Gasteiger partial charge in [-0.25, -0.2) is 0 Å². The first-order valence-corrected chi connectivity index (χ1v) is 8.50. The first-order chi connectivity index (χ1) is 10.7. The lowest BCUT2D eigenvalue weighted by Crippen LogP contribution is -2.49. The Kier molecular flexibility index (Phi) is 6.40. The van der Waals surface area contributed by atoms with E-state index in [0.717, 1.165) is 57.7 Å². The monoisotopic (exact) mass is 303 g/mol. The van der Waals surface area contributed by atoms with Crippen molar-refractivity contribution in [2.75, 3.05) is 39.3 Å². The van der Waals surface area contributed by atoms with Gasteiger partial charge in [0.05, 0.1) is 5.41 Å². The van der Waals surface area contributed by atoms with Crippen molar-refractivity contribution in [1.82, 2.24) is 15.5 Å². The average molecular weight is 303 g/mol. The fraction of sp³-hybridized carbons (Fsp3) is 0.611. The van der Waals surface area contributed by atoms with E-state index in [1.165, 1.54) is 0 Å². The summed E-state index contributed by atoms with van der Waals surface area (Å²) in [6, 6.07) is 10.2. The van der Waals surface area contributed by atoms with Crippen molar-refractivity contribution in [3.8, 4) is 0 Å². The first kappa shape index (κ1) is 17.0. The summed E-state index contributed by atoms with van der Waals surface area (Å²) in [5.74, 6) is 0.166. The van der Waals surface area contributed by atoms with Crippen LogP contribution in [0, 0.1) is 0 Å². The van der Waals surface area contributed by atoms with Crippen LogP contribution in [-0.4, -0.2) is 50.1 Å². The molecule has 2 rings (SSSR count). The minimum atomic E-state index is -0.398.